The number of nitrogens with one attached hydrogen (secondary N) is 1. The molecule has 0 aliphatic heterocycles. The molecule has 0 bridgehead atoms. The van der Waals surface area contributed by atoms with E-state index in [1.165, 1.54) is 68.0 Å². The maximum Gasteiger partial charge on any atom is 0.0467 e. The van der Waals surface area contributed by atoms with E-state index in [2.05, 4.69) is 105 Å². The Labute approximate surface area is 198 Å². The molecule has 0 saturated heterocycles. The van der Waals surface area contributed by atoms with Crippen molar-refractivity contribution in [3.63, 3.8) is 0 Å². The average molecular weight is 434 g/mol. The fraction of sp³-hybridized carbons (Fsp3) is 0.250. The Morgan fingerprint density at radius 2 is 1.73 bits per heavy atom. The van der Waals surface area contributed by atoms with Crippen LogP contribution in [0.4, 0.5) is 0 Å². The summed E-state index contributed by atoms with van der Waals surface area (Å²) in [6.07, 6.45) is 12.0. The predicted molar refractivity (Wildman–Crippen MR) is 146 cm³/mol. The molecule has 0 aliphatic rings. The Hall–Kier alpha value is -3.32. The molecule has 0 radical (unpaired) electrons. The Morgan fingerprint density at radius 3 is 2.52 bits per heavy atom. The van der Waals surface area contributed by atoms with Gasteiger partial charge in [0, 0.05) is 21.8 Å². The minimum absolute atomic E-state index is 1.04. The van der Waals surface area contributed by atoms with E-state index in [1.54, 1.807) is 0 Å². The molecule has 0 amide bonds. The molecule has 0 unspecified atom stereocenters. The van der Waals surface area contributed by atoms with Gasteiger partial charge >= 0.3 is 0 Å². The minimum Gasteiger partial charge on any atom is -0.355 e. The molecule has 1 N–H and O–H groups in total. The summed E-state index contributed by atoms with van der Waals surface area (Å²) in [4.78, 5) is 3.59. The lowest BCUT2D eigenvalue weighted by Crippen LogP contribution is -2.03. The molecule has 0 atom stereocenters. The lowest BCUT2D eigenvalue weighted by Gasteiger charge is -2.17. The van der Waals surface area contributed by atoms with Crippen molar-refractivity contribution in [2.45, 2.75) is 52.9 Å². The highest BCUT2D eigenvalue weighted by molar-refractivity contribution is 6.07. The van der Waals surface area contributed by atoms with Crippen LogP contribution in [-0.4, -0.2) is 4.98 Å². The van der Waals surface area contributed by atoms with Gasteiger partial charge in [0.2, 0.25) is 0 Å². The molecule has 0 aliphatic carbocycles. The molecule has 3 aromatic carbocycles. The molecule has 0 spiro atoms. The number of allylic oxidation sites excluding steroid dienone is 5. The lowest BCUT2D eigenvalue weighted by molar-refractivity contribution is 0.781. The molecule has 168 valence electrons. The third-order valence-electron chi connectivity index (χ3n) is 6.66. The van der Waals surface area contributed by atoms with Gasteiger partial charge in [-0.2, -0.15) is 0 Å². The number of aryl methyl sites for hydroxylation is 2. The number of para-hydroxylation sites is 1. The molecule has 1 aromatic heterocycles. The van der Waals surface area contributed by atoms with Gasteiger partial charge < -0.3 is 4.98 Å². The van der Waals surface area contributed by atoms with E-state index in [9.17, 15) is 0 Å². The molecule has 1 heterocycles. The second kappa shape index (κ2) is 10.5. The van der Waals surface area contributed by atoms with Crippen LogP contribution in [0.15, 0.2) is 91.0 Å². The Bertz CT molecular complexity index is 1330. The second-order valence-corrected chi connectivity index (χ2v) is 8.90. The van der Waals surface area contributed by atoms with Crippen LogP contribution >= 0.6 is 0 Å². The number of fused-ring (bicyclic) bond motifs is 3. The zero-order chi connectivity index (χ0) is 23.2. The smallest absolute Gasteiger partial charge is 0.0467 e. The van der Waals surface area contributed by atoms with Crippen LogP contribution < -0.4 is 0 Å². The van der Waals surface area contributed by atoms with Crippen LogP contribution in [0.5, 0.6) is 0 Å². The maximum atomic E-state index is 4.03. The van der Waals surface area contributed by atoms with Crippen molar-refractivity contribution >= 4 is 27.4 Å². The van der Waals surface area contributed by atoms with Gasteiger partial charge in [-0.25, -0.2) is 0 Å². The van der Waals surface area contributed by atoms with Crippen LogP contribution in [0.1, 0.15) is 55.9 Å². The number of aromatic nitrogens is 1. The number of H-pyrrole nitrogens is 1. The van der Waals surface area contributed by atoms with E-state index < -0.39 is 0 Å². The van der Waals surface area contributed by atoms with E-state index in [0.29, 0.717) is 0 Å². The first-order chi connectivity index (χ1) is 16.2. The molecule has 4 rings (SSSR count). The van der Waals surface area contributed by atoms with Gasteiger partial charge in [0.15, 0.2) is 0 Å². The highest BCUT2D eigenvalue weighted by atomic mass is 14.7. The van der Waals surface area contributed by atoms with Crippen LogP contribution in [-0.2, 0) is 19.3 Å². The topological polar surface area (TPSA) is 15.8 Å². The number of rotatable bonds is 9. The number of unbranched alkanes of at least 4 members (excludes halogenated alkanes) is 1. The maximum absolute atomic E-state index is 4.03. The van der Waals surface area contributed by atoms with E-state index in [0.717, 1.165) is 19.3 Å². The zero-order valence-corrected chi connectivity index (χ0v) is 20.2. The minimum atomic E-state index is 1.04. The Kier molecular flexibility index (Phi) is 7.29. The third kappa shape index (κ3) is 4.88. The van der Waals surface area contributed by atoms with Crippen LogP contribution in [0, 0.1) is 0 Å². The summed E-state index contributed by atoms with van der Waals surface area (Å²) in [6.45, 7) is 10.5. The summed E-state index contributed by atoms with van der Waals surface area (Å²) in [6, 6.07) is 22.3. The SMILES string of the molecule is C=C/C(C)=C(\C=C/C)c1cccc(CCc2ccc3c(c2)[nH]c2ccccc23)c1CCCC. The van der Waals surface area contributed by atoms with E-state index in [-0.39, 0.29) is 0 Å². The molecule has 1 heteroatoms. The van der Waals surface area contributed by atoms with Crippen molar-refractivity contribution in [2.75, 3.05) is 0 Å². The molecular weight excluding hydrogens is 398 g/mol. The van der Waals surface area contributed by atoms with E-state index >= 15 is 0 Å². The first-order valence-corrected chi connectivity index (χ1v) is 12.2. The summed E-state index contributed by atoms with van der Waals surface area (Å²) in [5, 5.41) is 2.61. The highest BCUT2D eigenvalue weighted by Crippen LogP contribution is 2.30. The third-order valence-corrected chi connectivity index (χ3v) is 6.66. The second-order valence-electron chi connectivity index (χ2n) is 8.90. The number of aromatic amines is 1. The van der Waals surface area contributed by atoms with Crippen molar-refractivity contribution in [2.24, 2.45) is 0 Å². The summed E-state index contributed by atoms with van der Waals surface area (Å²) >= 11 is 0. The Balaban J connectivity index is 1.67. The largest absolute Gasteiger partial charge is 0.355 e. The van der Waals surface area contributed by atoms with E-state index in [1.807, 2.05) is 6.08 Å². The average Bonchev–Trinajstić information content (AvgIpc) is 3.22. The quantitative estimate of drug-likeness (QED) is 0.253. The number of hydrogen-bond acceptors (Lipinski definition) is 0. The molecule has 1 nitrogen and oxygen atoms in total. The van der Waals surface area contributed by atoms with E-state index in [4.69, 9.17) is 0 Å². The molecular formula is C32H35N. The summed E-state index contributed by atoms with van der Waals surface area (Å²) in [5.41, 5.74) is 10.7. The normalized spacial score (nSPS) is 12.6. The fourth-order valence-electron chi connectivity index (χ4n) is 4.82. The van der Waals surface area contributed by atoms with Gasteiger partial charge in [-0.3, -0.25) is 0 Å². The van der Waals surface area contributed by atoms with Gasteiger partial charge in [-0.15, -0.1) is 0 Å². The van der Waals surface area contributed by atoms with Crippen LogP contribution in [0.3, 0.4) is 0 Å². The van der Waals surface area contributed by atoms with Crippen molar-refractivity contribution in [1.82, 2.24) is 4.98 Å². The van der Waals surface area contributed by atoms with Crippen molar-refractivity contribution < 1.29 is 0 Å². The van der Waals surface area contributed by atoms with Crippen molar-refractivity contribution in [3.8, 4) is 0 Å². The van der Waals surface area contributed by atoms with Gasteiger partial charge in [0.25, 0.3) is 0 Å². The highest BCUT2D eigenvalue weighted by Gasteiger charge is 2.13. The van der Waals surface area contributed by atoms with Gasteiger partial charge in [-0.1, -0.05) is 86.7 Å². The molecule has 0 saturated carbocycles. The lowest BCUT2D eigenvalue weighted by atomic mass is 9.87. The first-order valence-electron chi connectivity index (χ1n) is 12.2. The van der Waals surface area contributed by atoms with Crippen LogP contribution in [0.2, 0.25) is 0 Å². The summed E-state index contributed by atoms with van der Waals surface area (Å²) in [5.74, 6) is 0. The zero-order valence-electron chi connectivity index (χ0n) is 20.2. The standard InChI is InChI=1S/C32H35N/c1-5-8-14-27-25(13-11-16-28(27)26(12-6-2)23(4)7-3)20-18-24-19-21-30-29-15-9-10-17-31(29)33-32(30)22-24/h6-7,9-13,15-17,19,21-22,33H,3,5,8,14,18,20H2,1-2,4H3/b12-6-,26-23+. The molecule has 4 aromatic rings. The first kappa shape index (κ1) is 22.9. The van der Waals surface area contributed by atoms with Gasteiger partial charge in [0.05, 0.1) is 0 Å². The van der Waals surface area contributed by atoms with Gasteiger partial charge in [-0.05, 0) is 85.1 Å². The predicted octanol–water partition coefficient (Wildman–Crippen LogP) is 8.98. The molecule has 0 fully saturated rings. The monoisotopic (exact) mass is 433 g/mol. The summed E-state index contributed by atoms with van der Waals surface area (Å²) < 4.78 is 0. The van der Waals surface area contributed by atoms with Crippen molar-refractivity contribution in [3.05, 3.63) is 113 Å². The number of hydrogen-bond donors (Lipinski definition) is 1. The summed E-state index contributed by atoms with van der Waals surface area (Å²) in [7, 11) is 0. The van der Waals surface area contributed by atoms with Crippen LogP contribution in [0.25, 0.3) is 27.4 Å². The number of benzene rings is 3. The Morgan fingerprint density at radius 1 is 0.909 bits per heavy atom. The van der Waals surface area contributed by atoms with Gasteiger partial charge in [0.1, 0.15) is 0 Å². The fourth-order valence-corrected chi connectivity index (χ4v) is 4.82. The van der Waals surface area contributed by atoms with Crippen molar-refractivity contribution in [1.29, 1.82) is 0 Å². The molecule has 33 heavy (non-hydrogen) atoms.